The lowest BCUT2D eigenvalue weighted by atomic mass is 9.97. The van der Waals surface area contributed by atoms with Crippen LogP contribution in [0.4, 0.5) is 0 Å². The molecule has 0 aliphatic carbocycles. The SMILES string of the molecule is CCCCCCCCCCCC(=O)O[C@@H]1[C@@H](O)[C@@H](O[C@H]2O[C@H](CO)[C@@H](O)[C@H](O)[C@H]2O)O[C@H](CO)[C@H]1OC(=O)CCCCCCCCCCC. The van der Waals surface area contributed by atoms with Gasteiger partial charge < -0.3 is 54.3 Å². The minimum atomic E-state index is -1.79. The molecular weight excluding hydrogens is 640 g/mol. The molecule has 2 rings (SSSR count). The van der Waals surface area contributed by atoms with E-state index in [0.717, 1.165) is 44.9 Å². The zero-order chi connectivity index (χ0) is 36.0. The molecule has 0 aromatic rings. The fourth-order valence-electron chi connectivity index (χ4n) is 6.32. The maximum Gasteiger partial charge on any atom is 0.306 e. The number of unbranched alkanes of at least 4 members (excludes halogenated alkanes) is 16. The second kappa shape index (κ2) is 25.5. The smallest absolute Gasteiger partial charge is 0.306 e. The summed E-state index contributed by atoms with van der Waals surface area (Å²) >= 11 is 0. The molecule has 49 heavy (non-hydrogen) atoms. The number of carbonyl (C=O) groups excluding carboxylic acids is 2. The molecule has 0 radical (unpaired) electrons. The van der Waals surface area contributed by atoms with Gasteiger partial charge in [0.1, 0.15) is 36.6 Å². The normalized spacial score (nSPS) is 30.3. The van der Waals surface area contributed by atoms with Crippen LogP contribution >= 0.6 is 0 Å². The number of esters is 2. The molecule has 0 aromatic carbocycles. The lowest BCUT2D eigenvalue weighted by molar-refractivity contribution is -0.376. The van der Waals surface area contributed by atoms with E-state index in [1.165, 1.54) is 57.8 Å². The Bertz CT molecular complexity index is 874. The van der Waals surface area contributed by atoms with E-state index in [1.807, 2.05) is 0 Å². The largest absolute Gasteiger partial charge is 0.455 e. The summed E-state index contributed by atoms with van der Waals surface area (Å²) in [5, 5.41) is 61.8. The molecule has 0 spiro atoms. The number of aliphatic hydroxyl groups is 6. The van der Waals surface area contributed by atoms with E-state index in [1.54, 1.807) is 0 Å². The summed E-state index contributed by atoms with van der Waals surface area (Å²) in [4.78, 5) is 25.9. The van der Waals surface area contributed by atoms with Crippen molar-refractivity contribution in [1.82, 2.24) is 0 Å². The lowest BCUT2D eigenvalue weighted by Gasteiger charge is -2.46. The Hall–Kier alpha value is -1.42. The summed E-state index contributed by atoms with van der Waals surface area (Å²) < 4.78 is 28.1. The van der Waals surface area contributed by atoms with Gasteiger partial charge in [-0.2, -0.15) is 0 Å². The van der Waals surface area contributed by atoms with E-state index in [2.05, 4.69) is 13.8 Å². The minimum Gasteiger partial charge on any atom is -0.455 e. The van der Waals surface area contributed by atoms with Crippen molar-refractivity contribution in [2.24, 2.45) is 0 Å². The first-order chi connectivity index (χ1) is 23.7. The van der Waals surface area contributed by atoms with E-state index in [4.69, 9.17) is 23.7 Å². The zero-order valence-corrected chi connectivity index (χ0v) is 29.9. The molecule has 2 aliphatic heterocycles. The molecule has 0 unspecified atom stereocenters. The van der Waals surface area contributed by atoms with Crippen LogP contribution in [-0.2, 0) is 33.3 Å². The van der Waals surface area contributed by atoms with Crippen LogP contribution in [0.1, 0.15) is 142 Å². The monoisotopic (exact) mass is 706 g/mol. The van der Waals surface area contributed by atoms with Gasteiger partial charge >= 0.3 is 11.9 Å². The van der Waals surface area contributed by atoms with Gasteiger partial charge in [0.2, 0.25) is 0 Å². The Labute approximate surface area is 292 Å². The van der Waals surface area contributed by atoms with Crippen LogP contribution in [0.5, 0.6) is 0 Å². The summed E-state index contributed by atoms with van der Waals surface area (Å²) in [6.07, 6.45) is 3.62. The molecule has 0 bridgehead atoms. The van der Waals surface area contributed by atoms with Crippen molar-refractivity contribution >= 4 is 11.9 Å². The summed E-state index contributed by atoms with van der Waals surface area (Å²) in [7, 11) is 0. The van der Waals surface area contributed by atoms with Gasteiger partial charge in [0.25, 0.3) is 0 Å². The highest BCUT2D eigenvalue weighted by atomic mass is 16.8. The zero-order valence-electron chi connectivity index (χ0n) is 29.9. The maximum absolute atomic E-state index is 13.0. The van der Waals surface area contributed by atoms with Crippen LogP contribution in [0.25, 0.3) is 0 Å². The predicted molar refractivity (Wildman–Crippen MR) is 180 cm³/mol. The molecule has 0 aromatic heterocycles. The molecule has 13 nitrogen and oxygen atoms in total. The van der Waals surface area contributed by atoms with Gasteiger partial charge in [0.15, 0.2) is 24.8 Å². The van der Waals surface area contributed by atoms with Crippen molar-refractivity contribution in [2.45, 2.75) is 204 Å². The average Bonchev–Trinajstić information content (AvgIpc) is 3.09. The van der Waals surface area contributed by atoms with Crippen LogP contribution in [0.3, 0.4) is 0 Å². The predicted octanol–water partition coefficient (Wildman–Crippen LogP) is 3.55. The van der Waals surface area contributed by atoms with Gasteiger partial charge in [-0.1, -0.05) is 117 Å². The third kappa shape index (κ3) is 15.8. The minimum absolute atomic E-state index is 0.0705. The molecule has 10 atom stereocenters. The van der Waals surface area contributed by atoms with E-state index in [9.17, 15) is 40.2 Å². The van der Waals surface area contributed by atoms with Gasteiger partial charge in [-0.25, -0.2) is 0 Å². The molecule has 2 aliphatic rings. The van der Waals surface area contributed by atoms with E-state index in [0.29, 0.717) is 12.8 Å². The van der Waals surface area contributed by atoms with Gasteiger partial charge in [0.05, 0.1) is 13.2 Å². The molecule has 2 fully saturated rings. The molecule has 0 amide bonds. The number of carbonyl (C=O) groups is 2. The van der Waals surface area contributed by atoms with Crippen molar-refractivity contribution < 1.29 is 63.9 Å². The first kappa shape index (κ1) is 43.7. The molecular formula is C36H66O13. The van der Waals surface area contributed by atoms with Crippen molar-refractivity contribution in [2.75, 3.05) is 13.2 Å². The second-order valence-corrected chi connectivity index (χ2v) is 13.6. The Morgan fingerprint density at radius 1 is 0.490 bits per heavy atom. The highest BCUT2D eigenvalue weighted by molar-refractivity contribution is 5.70. The van der Waals surface area contributed by atoms with Gasteiger partial charge in [-0.3, -0.25) is 9.59 Å². The topological polar surface area (TPSA) is 202 Å². The van der Waals surface area contributed by atoms with Crippen LogP contribution in [0.2, 0.25) is 0 Å². The summed E-state index contributed by atoms with van der Waals surface area (Å²) in [6, 6.07) is 0. The highest BCUT2D eigenvalue weighted by Gasteiger charge is 2.53. The maximum atomic E-state index is 13.0. The standard InChI is InChI=1S/C36H66O13/c1-3-5-7-9-11-13-15-17-19-21-27(39)47-33-26(24-38)46-36(49-35-31(43)30(42)29(41)25(23-37)45-35)32(44)34(33)48-28(40)22-20-18-16-14-12-10-8-6-4-2/h25-26,29-38,41-44H,3-24H2,1-2H3/t25-,26-,29-,30+,31-,32-,33-,34-,35-,36-/m1/s1. The number of hydrogen-bond donors (Lipinski definition) is 6. The van der Waals surface area contributed by atoms with Gasteiger partial charge in [-0.05, 0) is 12.8 Å². The molecule has 0 saturated carbocycles. The summed E-state index contributed by atoms with van der Waals surface area (Å²) in [5.74, 6) is -1.22. The van der Waals surface area contributed by atoms with Crippen molar-refractivity contribution in [3.05, 3.63) is 0 Å². The molecule has 6 N–H and O–H groups in total. The van der Waals surface area contributed by atoms with Crippen LogP contribution < -0.4 is 0 Å². The molecule has 2 heterocycles. The number of aliphatic hydroxyl groups excluding tert-OH is 6. The highest BCUT2D eigenvalue weighted by Crippen LogP contribution is 2.31. The Morgan fingerprint density at radius 3 is 1.33 bits per heavy atom. The molecule has 13 heteroatoms. The first-order valence-corrected chi connectivity index (χ1v) is 19.0. The number of hydrogen-bond acceptors (Lipinski definition) is 13. The van der Waals surface area contributed by atoms with E-state index >= 15 is 0 Å². The fourth-order valence-corrected chi connectivity index (χ4v) is 6.32. The fraction of sp³-hybridized carbons (Fsp3) is 0.944. The Kier molecular flexibility index (Phi) is 22.8. The van der Waals surface area contributed by atoms with E-state index < -0.39 is 86.6 Å². The van der Waals surface area contributed by atoms with Crippen LogP contribution in [0.15, 0.2) is 0 Å². The molecule has 288 valence electrons. The van der Waals surface area contributed by atoms with Crippen molar-refractivity contribution in [3.8, 4) is 0 Å². The Balaban J connectivity index is 2.01. The van der Waals surface area contributed by atoms with Crippen molar-refractivity contribution in [1.29, 1.82) is 0 Å². The van der Waals surface area contributed by atoms with Gasteiger partial charge in [0, 0.05) is 12.8 Å². The second-order valence-electron chi connectivity index (χ2n) is 13.6. The van der Waals surface area contributed by atoms with Crippen molar-refractivity contribution in [3.63, 3.8) is 0 Å². The van der Waals surface area contributed by atoms with E-state index in [-0.39, 0.29) is 12.8 Å². The first-order valence-electron chi connectivity index (χ1n) is 19.0. The lowest BCUT2D eigenvalue weighted by Crippen LogP contribution is -2.65. The Morgan fingerprint density at radius 2 is 0.878 bits per heavy atom. The quantitative estimate of drug-likeness (QED) is 0.0564. The molecule has 2 saturated heterocycles. The van der Waals surface area contributed by atoms with Crippen LogP contribution in [-0.4, -0.2) is 117 Å². The number of ether oxygens (including phenoxy) is 5. The average molecular weight is 707 g/mol. The summed E-state index contributed by atoms with van der Waals surface area (Å²) in [6.45, 7) is 2.97. The third-order valence-electron chi connectivity index (χ3n) is 9.42. The number of rotatable bonds is 26. The summed E-state index contributed by atoms with van der Waals surface area (Å²) in [5.41, 5.74) is 0. The third-order valence-corrected chi connectivity index (χ3v) is 9.42. The van der Waals surface area contributed by atoms with Crippen LogP contribution in [0, 0.1) is 0 Å². The van der Waals surface area contributed by atoms with Gasteiger partial charge in [-0.15, -0.1) is 0 Å².